The Morgan fingerprint density at radius 2 is 1.67 bits per heavy atom. The van der Waals surface area contributed by atoms with Gasteiger partial charge in [-0.2, -0.15) is 13.2 Å². The molecule has 0 aliphatic carbocycles. The van der Waals surface area contributed by atoms with Crippen LogP contribution in [0.2, 0.25) is 0 Å². The monoisotopic (exact) mass is 379 g/mol. The van der Waals surface area contributed by atoms with E-state index in [1.807, 2.05) is 24.3 Å². The van der Waals surface area contributed by atoms with Crippen LogP contribution in [0.25, 0.3) is 0 Å². The number of anilines is 3. The van der Waals surface area contributed by atoms with Crippen LogP contribution in [-0.4, -0.2) is 25.5 Å². The van der Waals surface area contributed by atoms with Crippen LogP contribution in [-0.2, 0) is 11.0 Å². The number of hydrogen-bond donors (Lipinski definition) is 2. The number of alkyl halides is 3. The third kappa shape index (κ3) is 6.20. The fourth-order valence-electron chi connectivity index (χ4n) is 2.69. The van der Waals surface area contributed by atoms with Crippen LogP contribution in [0.5, 0.6) is 0 Å². The van der Waals surface area contributed by atoms with Crippen molar-refractivity contribution in [1.29, 1.82) is 0 Å². The topological polar surface area (TPSA) is 44.4 Å². The molecule has 1 amide bonds. The lowest BCUT2D eigenvalue weighted by Crippen LogP contribution is -2.21. The molecule has 0 fully saturated rings. The first-order valence-corrected chi connectivity index (χ1v) is 8.89. The molecular formula is C20H24F3N3O. The summed E-state index contributed by atoms with van der Waals surface area (Å²) in [5, 5.41) is 5.63. The fourth-order valence-corrected chi connectivity index (χ4v) is 2.69. The van der Waals surface area contributed by atoms with Crippen molar-refractivity contribution in [1.82, 2.24) is 0 Å². The molecule has 0 saturated carbocycles. The molecular weight excluding hydrogens is 355 g/mol. The van der Waals surface area contributed by atoms with Gasteiger partial charge in [0.25, 0.3) is 0 Å². The number of carbonyl (C=O) groups is 1. The quantitative estimate of drug-likeness (QED) is 0.679. The van der Waals surface area contributed by atoms with Crippen molar-refractivity contribution in [3.05, 3.63) is 54.1 Å². The first-order valence-electron chi connectivity index (χ1n) is 8.89. The van der Waals surface area contributed by atoms with Gasteiger partial charge in [-0.15, -0.1) is 0 Å². The van der Waals surface area contributed by atoms with E-state index in [9.17, 15) is 18.0 Å². The lowest BCUT2D eigenvalue weighted by molar-refractivity contribution is -0.137. The average molecular weight is 379 g/mol. The second kappa shape index (κ2) is 9.30. The maximum atomic E-state index is 12.7. The Labute approximate surface area is 157 Å². The zero-order valence-electron chi connectivity index (χ0n) is 15.4. The second-order valence-electron chi connectivity index (χ2n) is 6.02. The summed E-state index contributed by atoms with van der Waals surface area (Å²) in [6.45, 7) is 6.21. The first-order chi connectivity index (χ1) is 12.8. The van der Waals surface area contributed by atoms with Gasteiger partial charge in [0, 0.05) is 43.1 Å². The van der Waals surface area contributed by atoms with Crippen LogP contribution >= 0.6 is 0 Å². The Morgan fingerprint density at radius 3 is 2.26 bits per heavy atom. The highest BCUT2D eigenvalue weighted by molar-refractivity contribution is 5.91. The van der Waals surface area contributed by atoms with Crippen LogP contribution in [0.1, 0.15) is 25.8 Å². The highest BCUT2D eigenvalue weighted by atomic mass is 19.4. The highest BCUT2D eigenvalue weighted by Crippen LogP contribution is 2.30. The summed E-state index contributed by atoms with van der Waals surface area (Å²) < 4.78 is 38.1. The summed E-state index contributed by atoms with van der Waals surface area (Å²) in [7, 11) is 0. The molecule has 0 atom stereocenters. The molecule has 0 aliphatic rings. The molecule has 0 bridgehead atoms. The third-order valence-corrected chi connectivity index (χ3v) is 4.15. The molecule has 7 heteroatoms. The lowest BCUT2D eigenvalue weighted by atomic mass is 10.2. The van der Waals surface area contributed by atoms with Gasteiger partial charge in [-0.1, -0.05) is 6.07 Å². The maximum Gasteiger partial charge on any atom is 0.416 e. The number of nitrogens with zero attached hydrogens (tertiary/aromatic N) is 1. The summed E-state index contributed by atoms with van der Waals surface area (Å²) in [4.78, 5) is 14.2. The number of rotatable bonds is 8. The zero-order chi connectivity index (χ0) is 19.9. The van der Waals surface area contributed by atoms with Crippen LogP contribution in [0, 0.1) is 0 Å². The van der Waals surface area contributed by atoms with Crippen molar-refractivity contribution in [2.24, 2.45) is 0 Å². The molecule has 0 radical (unpaired) electrons. The van der Waals surface area contributed by atoms with Crippen molar-refractivity contribution in [3.8, 4) is 0 Å². The van der Waals surface area contributed by atoms with E-state index in [2.05, 4.69) is 29.4 Å². The summed E-state index contributed by atoms with van der Waals surface area (Å²) >= 11 is 0. The third-order valence-electron chi connectivity index (χ3n) is 4.15. The van der Waals surface area contributed by atoms with E-state index in [4.69, 9.17) is 0 Å². The van der Waals surface area contributed by atoms with Gasteiger partial charge in [0.1, 0.15) is 0 Å². The number of nitrogens with one attached hydrogen (secondary N) is 2. The Hall–Kier alpha value is -2.70. The van der Waals surface area contributed by atoms with Crippen molar-refractivity contribution in [2.75, 3.05) is 35.2 Å². The van der Waals surface area contributed by atoms with Crippen molar-refractivity contribution in [2.45, 2.75) is 26.4 Å². The van der Waals surface area contributed by atoms with Gasteiger partial charge < -0.3 is 15.5 Å². The second-order valence-corrected chi connectivity index (χ2v) is 6.02. The maximum absolute atomic E-state index is 12.7. The molecule has 0 unspecified atom stereocenters. The van der Waals surface area contributed by atoms with Crippen LogP contribution in [0.4, 0.5) is 30.2 Å². The Balaban J connectivity index is 1.83. The van der Waals surface area contributed by atoms with Gasteiger partial charge in [0.05, 0.1) is 5.56 Å². The molecule has 0 spiro atoms. The minimum Gasteiger partial charge on any atom is -0.385 e. The normalized spacial score (nSPS) is 11.1. The fraction of sp³-hybridized carbons (Fsp3) is 0.350. The summed E-state index contributed by atoms with van der Waals surface area (Å²) in [5.74, 6) is -0.204. The minimum atomic E-state index is -4.38. The predicted molar refractivity (Wildman–Crippen MR) is 103 cm³/mol. The lowest BCUT2D eigenvalue weighted by Gasteiger charge is -2.21. The van der Waals surface area contributed by atoms with E-state index < -0.39 is 11.7 Å². The summed E-state index contributed by atoms with van der Waals surface area (Å²) in [6.07, 6.45) is -4.24. The first kappa shape index (κ1) is 20.6. The number of hydrogen-bond acceptors (Lipinski definition) is 3. The van der Waals surface area contributed by atoms with E-state index in [0.29, 0.717) is 11.4 Å². The molecule has 146 valence electrons. The van der Waals surface area contributed by atoms with Crippen LogP contribution in [0.3, 0.4) is 0 Å². The van der Waals surface area contributed by atoms with E-state index >= 15 is 0 Å². The molecule has 2 aromatic carbocycles. The molecule has 2 aromatic rings. The standard InChI is InChI=1S/C20H24F3N3O/c1-3-26(4-2)18-10-8-16(9-11-18)25-19(27)12-13-24-17-7-5-6-15(14-17)20(21,22)23/h5-11,14,24H,3-4,12-13H2,1-2H3,(H,25,27). The van der Waals surface area contributed by atoms with Gasteiger partial charge in [-0.3, -0.25) is 4.79 Å². The Morgan fingerprint density at radius 1 is 1.00 bits per heavy atom. The number of halogens is 3. The van der Waals surface area contributed by atoms with Gasteiger partial charge in [-0.25, -0.2) is 0 Å². The van der Waals surface area contributed by atoms with E-state index in [1.54, 1.807) is 6.07 Å². The average Bonchev–Trinajstić information content (AvgIpc) is 2.64. The molecule has 0 aromatic heterocycles. The van der Waals surface area contributed by atoms with Gasteiger partial charge >= 0.3 is 6.18 Å². The van der Waals surface area contributed by atoms with E-state index in [0.717, 1.165) is 30.9 Å². The Bertz CT molecular complexity index is 741. The molecule has 2 rings (SSSR count). The minimum absolute atomic E-state index is 0.147. The zero-order valence-corrected chi connectivity index (χ0v) is 15.4. The van der Waals surface area contributed by atoms with E-state index in [-0.39, 0.29) is 18.9 Å². The smallest absolute Gasteiger partial charge is 0.385 e. The molecule has 0 aliphatic heterocycles. The number of carbonyl (C=O) groups excluding carboxylic acids is 1. The molecule has 4 nitrogen and oxygen atoms in total. The summed E-state index contributed by atoms with van der Waals surface area (Å²) in [5.41, 5.74) is 1.39. The molecule has 0 saturated heterocycles. The van der Waals surface area contributed by atoms with Gasteiger partial charge in [0.2, 0.25) is 5.91 Å². The van der Waals surface area contributed by atoms with Gasteiger partial charge in [0.15, 0.2) is 0 Å². The number of benzene rings is 2. The molecule has 0 heterocycles. The Kier molecular flexibility index (Phi) is 7.10. The molecule has 2 N–H and O–H groups in total. The van der Waals surface area contributed by atoms with Crippen molar-refractivity contribution in [3.63, 3.8) is 0 Å². The van der Waals surface area contributed by atoms with E-state index in [1.165, 1.54) is 6.07 Å². The summed E-state index contributed by atoms with van der Waals surface area (Å²) in [6, 6.07) is 12.5. The van der Waals surface area contributed by atoms with Crippen molar-refractivity contribution < 1.29 is 18.0 Å². The SMILES string of the molecule is CCN(CC)c1ccc(NC(=O)CCNc2cccc(C(F)(F)F)c2)cc1. The largest absolute Gasteiger partial charge is 0.416 e. The van der Waals surface area contributed by atoms with Crippen molar-refractivity contribution >= 4 is 23.0 Å². The molecule has 27 heavy (non-hydrogen) atoms. The van der Waals surface area contributed by atoms with Gasteiger partial charge in [-0.05, 0) is 56.3 Å². The van der Waals surface area contributed by atoms with Crippen LogP contribution in [0.15, 0.2) is 48.5 Å². The number of amides is 1. The highest BCUT2D eigenvalue weighted by Gasteiger charge is 2.30. The predicted octanol–water partition coefficient (Wildman–Crippen LogP) is 4.99. The van der Waals surface area contributed by atoms with Crippen LogP contribution < -0.4 is 15.5 Å².